The molecule has 0 aliphatic heterocycles. The summed E-state index contributed by atoms with van der Waals surface area (Å²) in [6.07, 6.45) is 0.790. The molecule has 0 atom stereocenters. The Kier molecular flexibility index (Phi) is 9.54. The van der Waals surface area contributed by atoms with Crippen LogP contribution in [-0.4, -0.2) is 49.2 Å². The van der Waals surface area contributed by atoms with Gasteiger partial charge in [-0.3, -0.25) is 4.79 Å². The third-order valence-electron chi connectivity index (χ3n) is 4.12. The van der Waals surface area contributed by atoms with E-state index in [1.54, 1.807) is 13.2 Å². The highest BCUT2D eigenvalue weighted by Crippen LogP contribution is 2.25. The number of hydrogen-bond donors (Lipinski definition) is 1. The molecular formula is C20H27ClN4O2S. The second-order valence-corrected chi connectivity index (χ2v) is 7.42. The summed E-state index contributed by atoms with van der Waals surface area (Å²) in [6.45, 7) is 7.10. The van der Waals surface area contributed by atoms with Crippen LogP contribution in [0.5, 0.6) is 0 Å². The molecule has 0 unspecified atom stereocenters. The van der Waals surface area contributed by atoms with Crippen LogP contribution in [0.15, 0.2) is 35.5 Å². The van der Waals surface area contributed by atoms with Crippen molar-refractivity contribution in [1.82, 2.24) is 15.3 Å². The molecule has 0 radical (unpaired) electrons. The average molecular weight is 423 g/mol. The molecule has 2 aromatic rings. The molecule has 2 rings (SSSR count). The summed E-state index contributed by atoms with van der Waals surface area (Å²) < 4.78 is 4.99. The van der Waals surface area contributed by atoms with E-state index >= 15 is 0 Å². The van der Waals surface area contributed by atoms with Gasteiger partial charge in [0.1, 0.15) is 11.0 Å². The Labute approximate surface area is 176 Å². The van der Waals surface area contributed by atoms with Crippen molar-refractivity contribution >= 4 is 35.1 Å². The number of hydrogen-bond acceptors (Lipinski definition) is 6. The zero-order valence-corrected chi connectivity index (χ0v) is 18.1. The van der Waals surface area contributed by atoms with Crippen molar-refractivity contribution in [2.24, 2.45) is 0 Å². The number of aromatic nitrogens is 2. The van der Waals surface area contributed by atoms with Gasteiger partial charge in [-0.25, -0.2) is 9.97 Å². The van der Waals surface area contributed by atoms with Crippen molar-refractivity contribution in [3.63, 3.8) is 0 Å². The van der Waals surface area contributed by atoms with E-state index < -0.39 is 0 Å². The molecule has 0 aliphatic carbocycles. The quantitative estimate of drug-likeness (QED) is 0.255. The first kappa shape index (κ1) is 22.5. The Morgan fingerprint density at radius 3 is 2.75 bits per heavy atom. The fourth-order valence-corrected chi connectivity index (χ4v) is 3.65. The number of halogens is 1. The number of benzene rings is 1. The zero-order chi connectivity index (χ0) is 20.4. The Morgan fingerprint density at radius 2 is 2.04 bits per heavy atom. The summed E-state index contributed by atoms with van der Waals surface area (Å²) in [4.78, 5) is 23.3. The van der Waals surface area contributed by atoms with E-state index in [1.165, 1.54) is 11.8 Å². The van der Waals surface area contributed by atoms with Gasteiger partial charge in [-0.05, 0) is 38.0 Å². The van der Waals surface area contributed by atoms with Gasteiger partial charge in [0, 0.05) is 50.7 Å². The van der Waals surface area contributed by atoms with Gasteiger partial charge >= 0.3 is 0 Å². The number of carbonyl (C=O) groups excluding carboxylic acids is 1. The molecule has 6 nitrogen and oxygen atoms in total. The van der Waals surface area contributed by atoms with E-state index in [-0.39, 0.29) is 5.91 Å². The van der Waals surface area contributed by atoms with Crippen molar-refractivity contribution in [3.8, 4) is 0 Å². The molecule has 8 heteroatoms. The summed E-state index contributed by atoms with van der Waals surface area (Å²) in [5.41, 5.74) is 1.67. The van der Waals surface area contributed by atoms with Crippen LogP contribution in [0.1, 0.15) is 36.2 Å². The first-order valence-corrected chi connectivity index (χ1v) is 10.7. The predicted molar refractivity (Wildman–Crippen MR) is 115 cm³/mol. The van der Waals surface area contributed by atoms with Crippen LogP contribution in [0.25, 0.3) is 0 Å². The summed E-state index contributed by atoms with van der Waals surface area (Å²) in [5.74, 6) is 1.41. The molecule has 0 bridgehead atoms. The lowest BCUT2D eigenvalue weighted by Crippen LogP contribution is -2.25. The van der Waals surface area contributed by atoms with Crippen molar-refractivity contribution in [2.45, 2.75) is 31.2 Å². The normalized spacial score (nSPS) is 10.7. The van der Waals surface area contributed by atoms with Crippen molar-refractivity contribution in [2.75, 3.05) is 38.3 Å². The molecule has 1 aromatic heterocycles. The van der Waals surface area contributed by atoms with E-state index in [0.29, 0.717) is 34.8 Å². The number of methoxy groups -OCH3 is 1. The molecule has 1 aromatic carbocycles. The van der Waals surface area contributed by atoms with Crippen LogP contribution in [0.3, 0.4) is 0 Å². The van der Waals surface area contributed by atoms with Crippen LogP contribution in [0, 0.1) is 0 Å². The summed E-state index contributed by atoms with van der Waals surface area (Å²) in [5, 5.41) is 3.96. The maximum absolute atomic E-state index is 12.3. The zero-order valence-electron chi connectivity index (χ0n) is 16.6. The van der Waals surface area contributed by atoms with Crippen LogP contribution in [0.4, 0.5) is 5.82 Å². The number of nitrogens with zero attached hydrogens (tertiary/aromatic N) is 3. The van der Waals surface area contributed by atoms with Crippen LogP contribution in [-0.2, 0) is 10.5 Å². The maximum Gasteiger partial charge on any atom is 0.251 e. The van der Waals surface area contributed by atoms with E-state index in [4.69, 9.17) is 16.3 Å². The SMILES string of the molecule is CCN(CC)c1cc(Cl)nc(SCc2cccc(C(=O)NCCCOC)c2)n1. The molecule has 0 spiro atoms. The smallest absolute Gasteiger partial charge is 0.251 e. The molecule has 1 heterocycles. The average Bonchev–Trinajstić information content (AvgIpc) is 2.70. The van der Waals surface area contributed by atoms with Gasteiger partial charge in [-0.2, -0.15) is 0 Å². The van der Waals surface area contributed by atoms with E-state index in [1.807, 2.05) is 24.3 Å². The summed E-state index contributed by atoms with van der Waals surface area (Å²) in [6, 6.07) is 9.38. The minimum absolute atomic E-state index is 0.0780. The largest absolute Gasteiger partial charge is 0.385 e. The lowest BCUT2D eigenvalue weighted by Gasteiger charge is -2.20. The van der Waals surface area contributed by atoms with Gasteiger partial charge in [-0.1, -0.05) is 35.5 Å². The third kappa shape index (κ3) is 6.96. The third-order valence-corrected chi connectivity index (χ3v) is 5.23. The second kappa shape index (κ2) is 11.9. The molecule has 152 valence electrons. The molecule has 28 heavy (non-hydrogen) atoms. The second-order valence-electron chi connectivity index (χ2n) is 6.10. The van der Waals surface area contributed by atoms with Gasteiger partial charge in [0.05, 0.1) is 0 Å². The molecule has 0 saturated carbocycles. The Morgan fingerprint density at radius 1 is 1.25 bits per heavy atom. The lowest BCUT2D eigenvalue weighted by molar-refractivity contribution is 0.0948. The number of amides is 1. The minimum Gasteiger partial charge on any atom is -0.385 e. The predicted octanol–water partition coefficient (Wildman–Crippen LogP) is 4.03. The van der Waals surface area contributed by atoms with Crippen LogP contribution in [0.2, 0.25) is 5.15 Å². The Bertz CT molecular complexity index is 772. The van der Waals surface area contributed by atoms with E-state index in [0.717, 1.165) is 30.9 Å². The highest BCUT2D eigenvalue weighted by molar-refractivity contribution is 7.98. The topological polar surface area (TPSA) is 67.4 Å². The van der Waals surface area contributed by atoms with Crippen molar-refractivity contribution in [1.29, 1.82) is 0 Å². The Hall–Kier alpha value is -1.83. The van der Waals surface area contributed by atoms with Crippen molar-refractivity contribution in [3.05, 3.63) is 46.6 Å². The number of thioether (sulfide) groups is 1. The lowest BCUT2D eigenvalue weighted by atomic mass is 10.1. The summed E-state index contributed by atoms with van der Waals surface area (Å²) in [7, 11) is 1.65. The van der Waals surface area contributed by atoms with Gasteiger partial charge in [-0.15, -0.1) is 0 Å². The molecular weight excluding hydrogens is 396 g/mol. The molecule has 0 aliphatic rings. The fraction of sp³-hybridized carbons (Fsp3) is 0.450. The first-order chi connectivity index (χ1) is 13.6. The highest BCUT2D eigenvalue weighted by Gasteiger charge is 2.10. The summed E-state index contributed by atoms with van der Waals surface area (Å²) >= 11 is 7.68. The van der Waals surface area contributed by atoms with E-state index in [2.05, 4.69) is 34.0 Å². The molecule has 1 N–H and O–H groups in total. The van der Waals surface area contributed by atoms with E-state index in [9.17, 15) is 4.79 Å². The number of ether oxygens (including phenoxy) is 1. The van der Waals surface area contributed by atoms with Gasteiger partial charge in [0.25, 0.3) is 5.91 Å². The van der Waals surface area contributed by atoms with Gasteiger partial charge in [0.15, 0.2) is 5.16 Å². The monoisotopic (exact) mass is 422 g/mol. The number of nitrogens with one attached hydrogen (secondary N) is 1. The number of carbonyl (C=O) groups is 1. The highest BCUT2D eigenvalue weighted by atomic mass is 35.5. The van der Waals surface area contributed by atoms with Crippen LogP contribution < -0.4 is 10.2 Å². The molecule has 0 saturated heterocycles. The standard InChI is InChI=1S/C20H27ClN4O2S/c1-4-25(5-2)18-13-17(21)23-20(24-18)28-14-15-8-6-9-16(12-15)19(26)22-10-7-11-27-3/h6,8-9,12-13H,4-5,7,10-11,14H2,1-3H3,(H,22,26). The maximum atomic E-state index is 12.3. The van der Waals surface area contributed by atoms with Crippen molar-refractivity contribution < 1.29 is 9.53 Å². The van der Waals surface area contributed by atoms with Gasteiger partial charge < -0.3 is 15.0 Å². The molecule has 1 amide bonds. The fourth-order valence-electron chi connectivity index (χ4n) is 2.63. The number of anilines is 1. The van der Waals surface area contributed by atoms with Gasteiger partial charge in [0.2, 0.25) is 0 Å². The minimum atomic E-state index is -0.0780. The first-order valence-electron chi connectivity index (χ1n) is 9.35. The van der Waals surface area contributed by atoms with Crippen LogP contribution >= 0.6 is 23.4 Å². The Balaban J connectivity index is 2.00. The molecule has 0 fully saturated rings. The number of rotatable bonds is 11.